The average Bonchev–Trinajstić information content (AvgIpc) is 3.54. The van der Waals surface area contributed by atoms with Gasteiger partial charge in [0.25, 0.3) is 0 Å². The largest absolute Gasteiger partial charge is 0.447 e. The van der Waals surface area contributed by atoms with Gasteiger partial charge < -0.3 is 14.4 Å². The average molecular weight is 520 g/mol. The summed E-state index contributed by atoms with van der Waals surface area (Å²) in [6.45, 7) is 4.20. The van der Waals surface area contributed by atoms with Gasteiger partial charge in [-0.05, 0) is 37.8 Å². The molecule has 0 bridgehead atoms. The van der Waals surface area contributed by atoms with Crippen LogP contribution in [0.4, 0.5) is 26.9 Å². The van der Waals surface area contributed by atoms with E-state index in [9.17, 15) is 19.6 Å². The van der Waals surface area contributed by atoms with Crippen LogP contribution in [0.15, 0.2) is 18.3 Å². The number of methoxy groups -OCH3 is 1. The summed E-state index contributed by atoms with van der Waals surface area (Å²) < 4.78 is 10.5. The first-order valence-electron chi connectivity index (χ1n) is 12.6. The number of hydrogen-bond donors (Lipinski definition) is 1. The summed E-state index contributed by atoms with van der Waals surface area (Å²) in [6.07, 6.45) is 4.00. The van der Waals surface area contributed by atoms with Crippen LogP contribution in [-0.2, 0) is 22.4 Å². The SMILES string of the molecule is COC1CCN(c2cc(NC(=O)N3CCCc4cc(CN5C(=O)OCC5C)c(C=O)nc43)ncc2C#N)C1. The van der Waals surface area contributed by atoms with Crippen LogP contribution < -0.4 is 15.1 Å². The molecule has 2 aromatic heterocycles. The van der Waals surface area contributed by atoms with E-state index in [2.05, 4.69) is 26.3 Å². The number of carbonyl (C=O) groups excluding carboxylic acids is 3. The third kappa shape index (κ3) is 4.84. The molecule has 5 rings (SSSR count). The van der Waals surface area contributed by atoms with Crippen molar-refractivity contribution in [2.45, 2.75) is 44.9 Å². The maximum Gasteiger partial charge on any atom is 0.410 e. The fourth-order valence-corrected chi connectivity index (χ4v) is 5.11. The molecule has 2 atom stereocenters. The molecular formula is C26H29N7O5. The van der Waals surface area contributed by atoms with Gasteiger partial charge in [-0.2, -0.15) is 5.26 Å². The summed E-state index contributed by atoms with van der Waals surface area (Å²) in [7, 11) is 1.67. The number of nitrogens with one attached hydrogen (secondary N) is 1. The van der Waals surface area contributed by atoms with Crippen molar-refractivity contribution in [1.29, 1.82) is 5.26 Å². The lowest BCUT2D eigenvalue weighted by Gasteiger charge is -2.29. The maximum absolute atomic E-state index is 13.3. The van der Waals surface area contributed by atoms with E-state index >= 15 is 0 Å². The molecule has 3 amide bonds. The maximum atomic E-state index is 13.3. The van der Waals surface area contributed by atoms with Crippen molar-refractivity contribution >= 4 is 35.7 Å². The predicted octanol–water partition coefficient (Wildman–Crippen LogP) is 2.71. The fourth-order valence-electron chi connectivity index (χ4n) is 5.11. The van der Waals surface area contributed by atoms with Gasteiger partial charge in [-0.1, -0.05) is 0 Å². The van der Waals surface area contributed by atoms with E-state index in [0.717, 1.165) is 18.5 Å². The number of cyclic esters (lactones) is 1. The zero-order chi connectivity index (χ0) is 26.8. The number of nitrogens with zero attached hydrogens (tertiary/aromatic N) is 6. The number of fused-ring (bicyclic) bond motifs is 1. The Balaban J connectivity index is 1.37. The van der Waals surface area contributed by atoms with Gasteiger partial charge in [-0.15, -0.1) is 0 Å². The van der Waals surface area contributed by atoms with Gasteiger partial charge >= 0.3 is 12.1 Å². The van der Waals surface area contributed by atoms with Crippen LogP contribution in [0.25, 0.3) is 0 Å². The van der Waals surface area contributed by atoms with Gasteiger partial charge in [0.2, 0.25) is 0 Å². The summed E-state index contributed by atoms with van der Waals surface area (Å²) in [5, 5.41) is 12.4. The second-order valence-corrected chi connectivity index (χ2v) is 9.66. The lowest BCUT2D eigenvalue weighted by molar-refractivity contribution is 0.111. The number of pyridine rings is 2. The first-order chi connectivity index (χ1) is 18.4. The monoisotopic (exact) mass is 519 g/mol. The minimum absolute atomic E-state index is 0.0832. The molecule has 3 aliphatic heterocycles. The van der Waals surface area contributed by atoms with E-state index in [4.69, 9.17) is 9.47 Å². The van der Waals surface area contributed by atoms with Crippen LogP contribution in [0.1, 0.15) is 46.9 Å². The molecule has 2 saturated heterocycles. The molecule has 0 saturated carbocycles. The standard InChI is InChI=1S/C26H29N7O5/c1-16-15-38-26(36)33(16)12-18-8-17-4-3-6-32(24(17)29-21(18)14-34)25(35)30-23-9-22(19(10-27)11-28-23)31-7-5-20(13-31)37-2/h8-9,11,14,16,20H,3-7,12-13,15H2,1-2H3,(H,28,30,35). The highest BCUT2D eigenvalue weighted by Crippen LogP contribution is 2.30. The Hall–Kier alpha value is -4.24. The number of hydrogen-bond acceptors (Lipinski definition) is 9. The highest BCUT2D eigenvalue weighted by molar-refractivity contribution is 6.02. The van der Waals surface area contributed by atoms with Crippen molar-refractivity contribution in [3.8, 4) is 6.07 Å². The van der Waals surface area contributed by atoms with Gasteiger partial charge in [-0.3, -0.25) is 19.9 Å². The van der Waals surface area contributed by atoms with Crippen molar-refractivity contribution in [3.63, 3.8) is 0 Å². The molecule has 3 aliphatic rings. The predicted molar refractivity (Wildman–Crippen MR) is 137 cm³/mol. The molecule has 38 heavy (non-hydrogen) atoms. The van der Waals surface area contributed by atoms with Crippen molar-refractivity contribution in [2.75, 3.05) is 48.5 Å². The summed E-state index contributed by atoms with van der Waals surface area (Å²) in [5.41, 5.74) is 2.73. The molecule has 2 aromatic rings. The third-order valence-electron chi connectivity index (χ3n) is 7.24. The number of aromatic nitrogens is 2. The molecule has 1 N–H and O–H groups in total. The summed E-state index contributed by atoms with van der Waals surface area (Å²) in [4.78, 5) is 51.2. The smallest absolute Gasteiger partial charge is 0.410 e. The lowest BCUT2D eigenvalue weighted by atomic mass is 10.0. The minimum atomic E-state index is -0.431. The molecule has 12 nitrogen and oxygen atoms in total. The number of urea groups is 1. The Morgan fingerprint density at radius 2 is 2.21 bits per heavy atom. The molecule has 2 fully saturated rings. The van der Waals surface area contributed by atoms with Crippen LogP contribution >= 0.6 is 0 Å². The molecule has 0 aromatic carbocycles. The van der Waals surface area contributed by atoms with Crippen molar-refractivity contribution < 1.29 is 23.9 Å². The molecular weight excluding hydrogens is 490 g/mol. The van der Waals surface area contributed by atoms with Crippen LogP contribution in [-0.4, -0.2) is 78.8 Å². The summed E-state index contributed by atoms with van der Waals surface area (Å²) in [5.74, 6) is 0.721. The Morgan fingerprint density at radius 3 is 2.89 bits per heavy atom. The number of ether oxygens (including phenoxy) is 2. The quantitative estimate of drug-likeness (QED) is 0.570. The zero-order valence-electron chi connectivity index (χ0n) is 21.3. The van der Waals surface area contributed by atoms with E-state index in [1.165, 1.54) is 11.1 Å². The number of carbonyl (C=O) groups is 3. The number of anilines is 3. The second kappa shape index (κ2) is 10.6. The van der Waals surface area contributed by atoms with E-state index in [-0.39, 0.29) is 24.4 Å². The van der Waals surface area contributed by atoms with Gasteiger partial charge in [0.1, 0.15) is 30.0 Å². The van der Waals surface area contributed by atoms with Crippen LogP contribution in [0.2, 0.25) is 0 Å². The molecule has 12 heteroatoms. The van der Waals surface area contributed by atoms with Crippen molar-refractivity contribution in [3.05, 3.63) is 40.7 Å². The van der Waals surface area contributed by atoms with Gasteiger partial charge in [0, 0.05) is 44.6 Å². The van der Waals surface area contributed by atoms with E-state index in [1.807, 2.05) is 13.0 Å². The first-order valence-corrected chi connectivity index (χ1v) is 12.6. The lowest BCUT2D eigenvalue weighted by Crippen LogP contribution is -2.40. The Labute approximate surface area is 220 Å². The van der Waals surface area contributed by atoms with Crippen LogP contribution in [0, 0.1) is 11.3 Å². The second-order valence-electron chi connectivity index (χ2n) is 9.66. The normalized spacial score (nSPS) is 20.7. The molecule has 0 spiro atoms. The molecule has 0 radical (unpaired) electrons. The number of nitriles is 1. The van der Waals surface area contributed by atoms with Gasteiger partial charge in [0.05, 0.1) is 29.9 Å². The van der Waals surface area contributed by atoms with E-state index in [0.29, 0.717) is 67.3 Å². The highest BCUT2D eigenvalue weighted by Gasteiger charge is 2.32. The Bertz CT molecular complexity index is 1310. The number of aryl methyl sites for hydroxylation is 1. The zero-order valence-corrected chi connectivity index (χ0v) is 21.3. The topological polar surface area (TPSA) is 141 Å². The Morgan fingerprint density at radius 1 is 1.37 bits per heavy atom. The first kappa shape index (κ1) is 25.4. The van der Waals surface area contributed by atoms with Crippen molar-refractivity contribution in [2.24, 2.45) is 0 Å². The van der Waals surface area contributed by atoms with E-state index < -0.39 is 12.1 Å². The van der Waals surface area contributed by atoms with Crippen LogP contribution in [0.5, 0.6) is 0 Å². The molecule has 5 heterocycles. The minimum Gasteiger partial charge on any atom is -0.447 e. The third-order valence-corrected chi connectivity index (χ3v) is 7.24. The Kier molecular flexibility index (Phi) is 7.11. The number of amides is 3. The number of rotatable bonds is 6. The number of aldehydes is 1. The molecule has 2 unspecified atom stereocenters. The summed E-state index contributed by atoms with van der Waals surface area (Å²) in [6, 6.07) is 5.18. The molecule has 198 valence electrons. The summed E-state index contributed by atoms with van der Waals surface area (Å²) >= 11 is 0. The van der Waals surface area contributed by atoms with Crippen molar-refractivity contribution in [1.82, 2.24) is 14.9 Å². The van der Waals surface area contributed by atoms with Crippen LogP contribution in [0.3, 0.4) is 0 Å². The fraction of sp³-hybridized carbons (Fsp3) is 0.462. The molecule has 0 aliphatic carbocycles. The van der Waals surface area contributed by atoms with E-state index in [1.54, 1.807) is 18.1 Å². The van der Waals surface area contributed by atoms with Gasteiger partial charge in [0.15, 0.2) is 6.29 Å². The highest BCUT2D eigenvalue weighted by atomic mass is 16.6. The van der Waals surface area contributed by atoms with Gasteiger partial charge in [-0.25, -0.2) is 19.6 Å².